The van der Waals surface area contributed by atoms with Crippen molar-refractivity contribution in [3.8, 4) is 22.6 Å². The first-order chi connectivity index (χ1) is 15.8. The van der Waals surface area contributed by atoms with Crippen molar-refractivity contribution < 1.29 is 9.53 Å². The number of rotatable bonds is 6. The molecule has 5 heteroatoms. The molecule has 1 heterocycles. The molecule has 0 spiro atoms. The second-order valence-electron chi connectivity index (χ2n) is 8.97. The van der Waals surface area contributed by atoms with Crippen molar-refractivity contribution in [2.24, 2.45) is 10.3 Å². The summed E-state index contributed by atoms with van der Waals surface area (Å²) in [6, 6.07) is 15.9. The predicted octanol–water partition coefficient (Wildman–Crippen LogP) is 7.68. The Balaban J connectivity index is 1.81. The molecule has 0 aromatic heterocycles. The zero-order valence-electron chi connectivity index (χ0n) is 20.1. The van der Waals surface area contributed by atoms with Crippen molar-refractivity contribution in [2.45, 2.75) is 47.5 Å². The molecule has 0 bridgehead atoms. The van der Waals surface area contributed by atoms with Gasteiger partial charge < -0.3 is 4.74 Å². The monoisotopic (exact) mass is 441 g/mol. The van der Waals surface area contributed by atoms with Crippen molar-refractivity contribution in [3.05, 3.63) is 76.3 Å². The van der Waals surface area contributed by atoms with Crippen LogP contribution in [0.4, 0.5) is 5.69 Å². The fourth-order valence-corrected chi connectivity index (χ4v) is 4.36. The predicted molar refractivity (Wildman–Crippen MR) is 133 cm³/mol. The van der Waals surface area contributed by atoms with E-state index in [1.54, 1.807) is 19.1 Å². The van der Waals surface area contributed by atoms with Crippen molar-refractivity contribution in [1.82, 2.24) is 5.01 Å². The standard InChI is InChI=1S/C28H31N3O2/c1-18-14-20(3)27(29-30-31-12-6-7-13-31)25(16-18)26-17-19(2)15-21(4)28(26)33-24-10-8-23(9-11-24)22(5)32/h8-11,14-17H,6-7,12-13H2,1-5H3. The summed E-state index contributed by atoms with van der Waals surface area (Å²) >= 11 is 0. The number of hydrogen-bond donors (Lipinski definition) is 0. The molecule has 0 saturated carbocycles. The molecule has 0 unspecified atom stereocenters. The van der Waals surface area contributed by atoms with E-state index in [0.29, 0.717) is 11.3 Å². The van der Waals surface area contributed by atoms with Crippen LogP contribution in [0.1, 0.15) is 52.4 Å². The van der Waals surface area contributed by atoms with E-state index in [1.807, 2.05) is 17.1 Å². The summed E-state index contributed by atoms with van der Waals surface area (Å²) in [6.07, 6.45) is 2.33. The maximum Gasteiger partial charge on any atom is 0.159 e. The molecule has 4 rings (SSSR count). The summed E-state index contributed by atoms with van der Waals surface area (Å²) in [6.45, 7) is 11.8. The average molecular weight is 442 g/mol. The lowest BCUT2D eigenvalue weighted by molar-refractivity contribution is 0.101. The maximum absolute atomic E-state index is 11.6. The summed E-state index contributed by atoms with van der Waals surface area (Å²) in [5, 5.41) is 11.3. The molecule has 1 saturated heterocycles. The third-order valence-electron chi connectivity index (χ3n) is 5.99. The Kier molecular flexibility index (Phi) is 6.59. The lowest BCUT2D eigenvalue weighted by Crippen LogP contribution is -2.09. The van der Waals surface area contributed by atoms with Gasteiger partial charge in [-0.3, -0.25) is 9.80 Å². The molecule has 0 aliphatic carbocycles. The van der Waals surface area contributed by atoms with Crippen LogP contribution in [0.3, 0.4) is 0 Å². The number of carbonyl (C=O) groups excluding carboxylic acids is 1. The second kappa shape index (κ2) is 9.57. The van der Waals surface area contributed by atoms with Gasteiger partial charge in [-0.1, -0.05) is 22.9 Å². The number of nitrogens with zero attached hydrogens (tertiary/aromatic N) is 3. The first-order valence-corrected chi connectivity index (χ1v) is 11.5. The molecule has 1 aliphatic rings. The van der Waals surface area contributed by atoms with Gasteiger partial charge in [-0.25, -0.2) is 0 Å². The molecular weight excluding hydrogens is 410 g/mol. The van der Waals surface area contributed by atoms with Crippen LogP contribution >= 0.6 is 0 Å². The van der Waals surface area contributed by atoms with E-state index in [4.69, 9.17) is 9.85 Å². The third-order valence-corrected chi connectivity index (χ3v) is 5.99. The van der Waals surface area contributed by atoms with Crippen LogP contribution in [0.15, 0.2) is 58.9 Å². The summed E-state index contributed by atoms with van der Waals surface area (Å²) in [5.41, 5.74) is 7.99. The van der Waals surface area contributed by atoms with E-state index < -0.39 is 0 Å². The van der Waals surface area contributed by atoms with Crippen LogP contribution in [0.2, 0.25) is 0 Å². The number of carbonyl (C=O) groups is 1. The van der Waals surface area contributed by atoms with Gasteiger partial charge in [0.15, 0.2) is 5.78 Å². The Labute approximate surface area is 196 Å². The van der Waals surface area contributed by atoms with Crippen LogP contribution in [0.5, 0.6) is 11.5 Å². The van der Waals surface area contributed by atoms with E-state index in [0.717, 1.165) is 65.2 Å². The van der Waals surface area contributed by atoms with E-state index >= 15 is 0 Å². The lowest BCUT2D eigenvalue weighted by Gasteiger charge is -2.18. The summed E-state index contributed by atoms with van der Waals surface area (Å²) in [4.78, 5) is 11.6. The number of benzene rings is 3. The molecule has 3 aromatic carbocycles. The van der Waals surface area contributed by atoms with E-state index in [-0.39, 0.29) is 5.78 Å². The molecule has 1 aliphatic heterocycles. The molecule has 0 radical (unpaired) electrons. The van der Waals surface area contributed by atoms with Crippen molar-refractivity contribution >= 4 is 11.5 Å². The van der Waals surface area contributed by atoms with Crippen LogP contribution in [-0.4, -0.2) is 23.9 Å². The van der Waals surface area contributed by atoms with Gasteiger partial charge in [-0.05, 0) is 101 Å². The molecule has 1 fully saturated rings. The smallest absolute Gasteiger partial charge is 0.159 e. The average Bonchev–Trinajstić information content (AvgIpc) is 3.28. The van der Waals surface area contributed by atoms with Crippen LogP contribution in [0, 0.1) is 27.7 Å². The van der Waals surface area contributed by atoms with E-state index in [9.17, 15) is 4.79 Å². The minimum atomic E-state index is 0.0389. The van der Waals surface area contributed by atoms with Crippen molar-refractivity contribution in [2.75, 3.05) is 13.1 Å². The Hall–Kier alpha value is -3.47. The normalized spacial score (nSPS) is 13.7. The van der Waals surface area contributed by atoms with Gasteiger partial charge in [0.1, 0.15) is 11.5 Å². The van der Waals surface area contributed by atoms with Crippen molar-refractivity contribution in [3.63, 3.8) is 0 Å². The number of aryl methyl sites for hydroxylation is 4. The lowest BCUT2D eigenvalue weighted by atomic mass is 9.94. The Morgan fingerprint density at radius 2 is 1.45 bits per heavy atom. The highest BCUT2D eigenvalue weighted by Gasteiger charge is 2.18. The van der Waals surface area contributed by atoms with Gasteiger partial charge >= 0.3 is 0 Å². The van der Waals surface area contributed by atoms with Crippen LogP contribution < -0.4 is 4.74 Å². The highest BCUT2D eigenvalue weighted by molar-refractivity contribution is 5.94. The first kappa shape index (κ1) is 22.7. The number of hydrogen-bond acceptors (Lipinski definition) is 4. The van der Waals surface area contributed by atoms with E-state index in [1.165, 1.54) is 5.56 Å². The third kappa shape index (κ3) is 5.14. The number of ketones is 1. The van der Waals surface area contributed by atoms with Gasteiger partial charge in [0.25, 0.3) is 0 Å². The molecule has 0 N–H and O–H groups in total. The van der Waals surface area contributed by atoms with Gasteiger partial charge in [0.2, 0.25) is 0 Å². The minimum absolute atomic E-state index is 0.0389. The second-order valence-corrected chi connectivity index (χ2v) is 8.97. The minimum Gasteiger partial charge on any atom is -0.456 e. The molecule has 33 heavy (non-hydrogen) atoms. The maximum atomic E-state index is 11.6. The van der Waals surface area contributed by atoms with Crippen LogP contribution in [0.25, 0.3) is 11.1 Å². The molecule has 170 valence electrons. The highest BCUT2D eigenvalue weighted by Crippen LogP contribution is 2.43. The zero-order chi connectivity index (χ0) is 23.5. The Morgan fingerprint density at radius 3 is 2.09 bits per heavy atom. The van der Waals surface area contributed by atoms with Gasteiger partial charge in [0, 0.05) is 29.8 Å². The quantitative estimate of drug-likeness (QED) is 0.291. The molecule has 5 nitrogen and oxygen atoms in total. The summed E-state index contributed by atoms with van der Waals surface area (Å²) in [7, 11) is 0. The van der Waals surface area contributed by atoms with Gasteiger partial charge in [-0.15, -0.1) is 5.11 Å². The molecule has 0 amide bonds. The highest BCUT2D eigenvalue weighted by atomic mass is 16.5. The Bertz CT molecular complexity index is 1210. The topological polar surface area (TPSA) is 54.3 Å². The number of Topliss-reactive ketones (excluding diaryl/α,β-unsaturated/α-hetero) is 1. The summed E-state index contributed by atoms with van der Waals surface area (Å²) in [5.74, 6) is 1.52. The fraction of sp³-hybridized carbons (Fsp3) is 0.321. The largest absolute Gasteiger partial charge is 0.456 e. The fourth-order valence-electron chi connectivity index (χ4n) is 4.36. The van der Waals surface area contributed by atoms with Crippen molar-refractivity contribution in [1.29, 1.82) is 0 Å². The number of ether oxygens (including phenoxy) is 1. The van der Waals surface area contributed by atoms with Crippen LogP contribution in [-0.2, 0) is 0 Å². The Morgan fingerprint density at radius 1 is 0.848 bits per heavy atom. The SMILES string of the molecule is CC(=O)c1ccc(Oc2c(C)cc(C)cc2-c2cc(C)cc(C)c2N=NN2CCCC2)cc1. The summed E-state index contributed by atoms with van der Waals surface area (Å²) < 4.78 is 6.40. The zero-order valence-corrected chi connectivity index (χ0v) is 20.1. The molecule has 0 atom stereocenters. The first-order valence-electron chi connectivity index (χ1n) is 11.5. The van der Waals surface area contributed by atoms with E-state index in [2.05, 4.69) is 57.2 Å². The molecule has 3 aromatic rings. The van der Waals surface area contributed by atoms with Gasteiger partial charge in [-0.2, -0.15) is 0 Å². The van der Waals surface area contributed by atoms with Gasteiger partial charge in [0.05, 0.1) is 5.69 Å². The molecular formula is C28H31N3O2.